The second-order valence-corrected chi connectivity index (χ2v) is 7.49. The average Bonchev–Trinajstić information content (AvgIpc) is 2.80. The highest BCUT2D eigenvalue weighted by atomic mass is 32.1. The normalized spacial score (nSPS) is 27.3. The Morgan fingerprint density at radius 3 is 2.61 bits per heavy atom. The number of thiophene rings is 1. The molecule has 2 rings (SSSR count). The van der Waals surface area contributed by atoms with Crippen molar-refractivity contribution in [3.8, 4) is 0 Å². The van der Waals surface area contributed by atoms with Gasteiger partial charge < -0.3 is 10.1 Å². The van der Waals surface area contributed by atoms with E-state index in [1.165, 1.54) is 4.88 Å². The standard InChI is InChI=1S/C15H25NOS/c1-14(2)10-12(15(3,4)17-14)13(16-5)9-11-7-6-8-18-11/h6-8,12-13,16H,9-10H2,1-5H3. The maximum absolute atomic E-state index is 6.21. The molecular weight excluding hydrogens is 242 g/mol. The zero-order valence-corrected chi connectivity index (χ0v) is 12.9. The van der Waals surface area contributed by atoms with Gasteiger partial charge in [-0.2, -0.15) is 0 Å². The van der Waals surface area contributed by atoms with Crippen molar-refractivity contribution in [1.82, 2.24) is 5.32 Å². The van der Waals surface area contributed by atoms with E-state index in [0.29, 0.717) is 12.0 Å². The van der Waals surface area contributed by atoms with Gasteiger partial charge in [0.1, 0.15) is 0 Å². The van der Waals surface area contributed by atoms with Gasteiger partial charge in [-0.1, -0.05) is 6.07 Å². The summed E-state index contributed by atoms with van der Waals surface area (Å²) in [6.45, 7) is 8.86. The fourth-order valence-electron chi connectivity index (χ4n) is 3.32. The quantitative estimate of drug-likeness (QED) is 0.902. The SMILES string of the molecule is CNC(Cc1cccs1)C1CC(C)(C)OC1(C)C. The van der Waals surface area contributed by atoms with E-state index in [1.54, 1.807) is 0 Å². The predicted molar refractivity (Wildman–Crippen MR) is 78.2 cm³/mol. The maximum Gasteiger partial charge on any atom is 0.0677 e. The number of ether oxygens (including phenoxy) is 1. The highest BCUT2D eigenvalue weighted by Crippen LogP contribution is 2.44. The second kappa shape index (κ2) is 4.95. The molecule has 2 atom stereocenters. The Bertz CT molecular complexity index is 383. The predicted octanol–water partition coefficient (Wildman–Crippen LogP) is 3.47. The molecule has 2 heterocycles. The fraction of sp³-hybridized carbons (Fsp3) is 0.733. The average molecular weight is 267 g/mol. The molecule has 1 aliphatic rings. The molecule has 1 aliphatic heterocycles. The van der Waals surface area contributed by atoms with Crippen molar-refractivity contribution >= 4 is 11.3 Å². The summed E-state index contributed by atoms with van der Waals surface area (Å²) < 4.78 is 6.21. The topological polar surface area (TPSA) is 21.3 Å². The summed E-state index contributed by atoms with van der Waals surface area (Å²) in [5.74, 6) is 0.555. The number of hydrogen-bond donors (Lipinski definition) is 1. The first-order valence-corrected chi connectivity index (χ1v) is 7.62. The number of nitrogens with one attached hydrogen (secondary N) is 1. The molecule has 0 aromatic carbocycles. The molecule has 3 heteroatoms. The van der Waals surface area contributed by atoms with Crippen molar-refractivity contribution in [2.75, 3.05) is 7.05 Å². The van der Waals surface area contributed by atoms with Gasteiger partial charge in [0.2, 0.25) is 0 Å². The Balaban J connectivity index is 2.12. The molecular formula is C15H25NOS. The molecule has 0 spiro atoms. The van der Waals surface area contributed by atoms with E-state index in [0.717, 1.165) is 12.8 Å². The summed E-state index contributed by atoms with van der Waals surface area (Å²) in [6.07, 6.45) is 2.22. The van der Waals surface area contributed by atoms with E-state index in [-0.39, 0.29) is 11.2 Å². The molecule has 1 saturated heterocycles. The van der Waals surface area contributed by atoms with Crippen molar-refractivity contribution in [2.24, 2.45) is 5.92 Å². The largest absolute Gasteiger partial charge is 0.369 e. The summed E-state index contributed by atoms with van der Waals surface area (Å²) in [5, 5.41) is 5.66. The van der Waals surface area contributed by atoms with Crippen molar-refractivity contribution < 1.29 is 4.74 Å². The molecule has 18 heavy (non-hydrogen) atoms. The highest BCUT2D eigenvalue weighted by Gasteiger charge is 2.48. The van der Waals surface area contributed by atoms with Crippen molar-refractivity contribution in [3.63, 3.8) is 0 Å². The fourth-order valence-corrected chi connectivity index (χ4v) is 4.09. The van der Waals surface area contributed by atoms with Crippen LogP contribution in [0.15, 0.2) is 17.5 Å². The van der Waals surface area contributed by atoms with Crippen LogP contribution in [0.4, 0.5) is 0 Å². The molecule has 1 N–H and O–H groups in total. The molecule has 1 aromatic rings. The van der Waals surface area contributed by atoms with Crippen molar-refractivity contribution in [2.45, 2.75) is 57.8 Å². The molecule has 2 unspecified atom stereocenters. The molecule has 0 bridgehead atoms. The third kappa shape index (κ3) is 2.95. The lowest BCUT2D eigenvalue weighted by Gasteiger charge is -2.32. The van der Waals surface area contributed by atoms with Gasteiger partial charge in [-0.3, -0.25) is 0 Å². The Hall–Kier alpha value is -0.380. The van der Waals surface area contributed by atoms with E-state index in [9.17, 15) is 0 Å². The van der Waals surface area contributed by atoms with Gasteiger partial charge in [-0.05, 0) is 59.0 Å². The number of rotatable bonds is 4. The molecule has 102 valence electrons. The van der Waals surface area contributed by atoms with Gasteiger partial charge in [-0.15, -0.1) is 11.3 Å². The summed E-state index contributed by atoms with van der Waals surface area (Å²) in [5.41, 5.74) is -0.0485. The molecule has 1 aromatic heterocycles. The van der Waals surface area contributed by atoms with Crippen molar-refractivity contribution in [3.05, 3.63) is 22.4 Å². The third-order valence-electron chi connectivity index (χ3n) is 4.00. The second-order valence-electron chi connectivity index (χ2n) is 6.45. The zero-order valence-electron chi connectivity index (χ0n) is 12.1. The Morgan fingerprint density at radius 2 is 2.17 bits per heavy atom. The van der Waals surface area contributed by atoms with Gasteiger partial charge in [0.15, 0.2) is 0 Å². The summed E-state index contributed by atoms with van der Waals surface area (Å²) in [6, 6.07) is 4.84. The minimum Gasteiger partial charge on any atom is -0.369 e. The summed E-state index contributed by atoms with van der Waals surface area (Å²) in [7, 11) is 2.07. The minimum atomic E-state index is -0.0472. The van der Waals surface area contributed by atoms with Crippen LogP contribution in [-0.4, -0.2) is 24.3 Å². The van der Waals surface area contributed by atoms with Crippen molar-refractivity contribution in [1.29, 1.82) is 0 Å². The van der Waals surface area contributed by atoms with E-state index in [2.05, 4.69) is 57.6 Å². The Labute approximate surface area is 115 Å². The molecule has 2 nitrogen and oxygen atoms in total. The minimum absolute atomic E-state index is 0.00127. The van der Waals surface area contributed by atoms with Crippen LogP contribution >= 0.6 is 11.3 Å². The number of hydrogen-bond acceptors (Lipinski definition) is 3. The first kappa shape index (κ1) is 14.0. The summed E-state index contributed by atoms with van der Waals surface area (Å²) >= 11 is 1.84. The smallest absolute Gasteiger partial charge is 0.0677 e. The first-order valence-electron chi connectivity index (χ1n) is 6.74. The van der Waals surface area contributed by atoms with E-state index in [4.69, 9.17) is 4.74 Å². The van der Waals surface area contributed by atoms with E-state index < -0.39 is 0 Å². The highest BCUT2D eigenvalue weighted by molar-refractivity contribution is 7.09. The van der Waals surface area contributed by atoms with Crippen LogP contribution in [0.5, 0.6) is 0 Å². The van der Waals surface area contributed by atoms with Crippen LogP contribution in [0.2, 0.25) is 0 Å². The maximum atomic E-state index is 6.21. The number of likely N-dealkylation sites (N-methyl/N-ethyl adjacent to an activating group) is 1. The third-order valence-corrected chi connectivity index (χ3v) is 4.90. The van der Waals surface area contributed by atoms with E-state index >= 15 is 0 Å². The molecule has 0 amide bonds. The summed E-state index contributed by atoms with van der Waals surface area (Å²) in [4.78, 5) is 1.45. The monoisotopic (exact) mass is 267 g/mol. The lowest BCUT2D eigenvalue weighted by Crippen LogP contribution is -2.44. The van der Waals surface area contributed by atoms with Gasteiger partial charge in [0, 0.05) is 16.8 Å². The zero-order chi connectivity index (χ0) is 13.4. The van der Waals surface area contributed by atoms with Crippen LogP contribution in [0.3, 0.4) is 0 Å². The van der Waals surface area contributed by atoms with E-state index in [1.807, 2.05) is 11.3 Å². The van der Waals surface area contributed by atoms with Gasteiger partial charge in [0.05, 0.1) is 11.2 Å². The van der Waals surface area contributed by atoms with Crippen LogP contribution in [0.25, 0.3) is 0 Å². The first-order chi connectivity index (χ1) is 8.34. The lowest BCUT2D eigenvalue weighted by atomic mass is 9.80. The van der Waals surface area contributed by atoms with Crippen LogP contribution in [0, 0.1) is 5.92 Å². The molecule has 0 radical (unpaired) electrons. The van der Waals surface area contributed by atoms with Gasteiger partial charge in [0.25, 0.3) is 0 Å². The Kier molecular flexibility index (Phi) is 3.86. The molecule has 0 saturated carbocycles. The van der Waals surface area contributed by atoms with Crippen LogP contribution < -0.4 is 5.32 Å². The Morgan fingerprint density at radius 1 is 1.44 bits per heavy atom. The lowest BCUT2D eigenvalue weighted by molar-refractivity contribution is -0.0774. The molecule has 1 fully saturated rings. The van der Waals surface area contributed by atoms with Crippen LogP contribution in [0.1, 0.15) is 39.0 Å². The van der Waals surface area contributed by atoms with Gasteiger partial charge in [-0.25, -0.2) is 0 Å². The van der Waals surface area contributed by atoms with Crippen LogP contribution in [-0.2, 0) is 11.2 Å². The molecule has 0 aliphatic carbocycles. The van der Waals surface area contributed by atoms with Gasteiger partial charge >= 0.3 is 0 Å².